The van der Waals surface area contributed by atoms with Gasteiger partial charge in [-0.2, -0.15) is 0 Å². The number of carbonyl (C=O) groups excluding carboxylic acids is 4. The molecule has 1 N–H and O–H groups in total. The lowest BCUT2D eigenvalue weighted by atomic mass is 10.0. The molecular formula is C10H9BrN2O4. The molecule has 0 aromatic carbocycles. The van der Waals surface area contributed by atoms with Crippen molar-refractivity contribution in [3.8, 4) is 0 Å². The Morgan fingerprint density at radius 3 is 2.35 bits per heavy atom. The van der Waals surface area contributed by atoms with Crippen molar-refractivity contribution in [2.75, 3.05) is 0 Å². The fourth-order valence-electron chi connectivity index (χ4n) is 1.84. The maximum absolute atomic E-state index is 11.8. The van der Waals surface area contributed by atoms with E-state index < -0.39 is 23.8 Å². The molecule has 1 atom stereocenters. The molecule has 0 bridgehead atoms. The molecule has 2 aliphatic heterocycles. The Morgan fingerprint density at radius 1 is 1.24 bits per heavy atom. The summed E-state index contributed by atoms with van der Waals surface area (Å²) in [5, 5.41) is 2.12. The minimum Gasteiger partial charge on any atom is -0.295 e. The van der Waals surface area contributed by atoms with Crippen LogP contribution in [0.5, 0.6) is 0 Å². The number of hydrogen-bond acceptors (Lipinski definition) is 4. The molecule has 1 fully saturated rings. The first-order chi connectivity index (χ1) is 7.93. The predicted molar refractivity (Wildman–Crippen MR) is 59.7 cm³/mol. The molecule has 90 valence electrons. The van der Waals surface area contributed by atoms with E-state index in [-0.39, 0.29) is 28.8 Å². The maximum Gasteiger partial charge on any atom is 0.268 e. The third-order valence-corrected chi connectivity index (χ3v) is 3.73. The minimum atomic E-state index is -0.891. The first-order valence-electron chi connectivity index (χ1n) is 5.01. The highest BCUT2D eigenvalue weighted by molar-refractivity contribution is 9.12. The van der Waals surface area contributed by atoms with Crippen molar-refractivity contribution in [2.45, 2.75) is 25.8 Å². The van der Waals surface area contributed by atoms with Gasteiger partial charge in [0.1, 0.15) is 6.04 Å². The maximum atomic E-state index is 11.8. The zero-order valence-electron chi connectivity index (χ0n) is 8.95. The second kappa shape index (κ2) is 4.06. The first-order valence-corrected chi connectivity index (χ1v) is 5.80. The van der Waals surface area contributed by atoms with Gasteiger partial charge in [-0.05, 0) is 29.3 Å². The third-order valence-electron chi connectivity index (χ3n) is 2.80. The summed E-state index contributed by atoms with van der Waals surface area (Å²) in [7, 11) is 0. The van der Waals surface area contributed by atoms with Crippen molar-refractivity contribution in [2.24, 2.45) is 0 Å². The topological polar surface area (TPSA) is 83.6 Å². The average Bonchev–Trinajstić information content (AvgIpc) is 2.45. The van der Waals surface area contributed by atoms with Gasteiger partial charge in [0.2, 0.25) is 11.8 Å². The molecule has 6 nitrogen and oxygen atoms in total. The van der Waals surface area contributed by atoms with Crippen LogP contribution in [-0.4, -0.2) is 34.6 Å². The molecule has 17 heavy (non-hydrogen) atoms. The lowest BCUT2D eigenvalue weighted by Crippen LogP contribution is -2.54. The Morgan fingerprint density at radius 2 is 1.88 bits per heavy atom. The first kappa shape index (κ1) is 12.0. The van der Waals surface area contributed by atoms with Gasteiger partial charge in [-0.15, -0.1) is 0 Å². The van der Waals surface area contributed by atoms with Crippen molar-refractivity contribution >= 4 is 39.6 Å². The van der Waals surface area contributed by atoms with Gasteiger partial charge in [0.15, 0.2) is 0 Å². The van der Waals surface area contributed by atoms with Gasteiger partial charge in [0.25, 0.3) is 11.8 Å². The Balaban J connectivity index is 2.26. The normalized spacial score (nSPS) is 25.8. The largest absolute Gasteiger partial charge is 0.295 e. The summed E-state index contributed by atoms with van der Waals surface area (Å²) in [6, 6.07) is -0.891. The molecule has 0 aliphatic carbocycles. The van der Waals surface area contributed by atoms with E-state index in [0.29, 0.717) is 0 Å². The quantitative estimate of drug-likeness (QED) is 0.682. The molecule has 2 heterocycles. The third kappa shape index (κ3) is 1.80. The zero-order chi connectivity index (χ0) is 12.7. The highest BCUT2D eigenvalue weighted by atomic mass is 79.9. The SMILES string of the molecule is CC1=C(Br)C(=O)N(C2CCC(=O)NC2=O)C1=O. The van der Waals surface area contributed by atoms with E-state index in [0.717, 1.165) is 4.90 Å². The van der Waals surface area contributed by atoms with Gasteiger partial charge in [-0.3, -0.25) is 29.4 Å². The second-order valence-electron chi connectivity index (χ2n) is 3.89. The predicted octanol–water partition coefficient (Wildman–Crippen LogP) is -0.171. The standard InChI is InChI=1S/C10H9BrN2O4/c1-4-7(11)10(17)13(9(4)16)5-2-3-6(14)12-8(5)15/h5H,2-3H2,1H3,(H,12,14,15). The average molecular weight is 301 g/mol. The number of amides is 4. The number of carbonyl (C=O) groups is 4. The van der Waals surface area contributed by atoms with Gasteiger partial charge in [-0.1, -0.05) is 0 Å². The lowest BCUT2D eigenvalue weighted by molar-refractivity contribution is -0.149. The molecule has 0 saturated carbocycles. The van der Waals surface area contributed by atoms with Crippen LogP contribution in [0.4, 0.5) is 0 Å². The van der Waals surface area contributed by atoms with Crippen LogP contribution in [0.1, 0.15) is 19.8 Å². The number of imide groups is 2. The van der Waals surface area contributed by atoms with E-state index in [1.54, 1.807) is 0 Å². The number of piperidine rings is 1. The van der Waals surface area contributed by atoms with Crippen molar-refractivity contribution in [1.82, 2.24) is 10.2 Å². The summed E-state index contributed by atoms with van der Waals surface area (Å²) >= 11 is 3.02. The molecule has 0 spiro atoms. The Hall–Kier alpha value is -1.50. The molecular weight excluding hydrogens is 292 g/mol. The smallest absolute Gasteiger partial charge is 0.268 e. The Bertz CT molecular complexity index is 459. The van der Waals surface area contributed by atoms with E-state index in [9.17, 15) is 19.2 Å². The highest BCUT2D eigenvalue weighted by Crippen LogP contribution is 2.28. The molecule has 2 aliphatic rings. The van der Waals surface area contributed by atoms with E-state index >= 15 is 0 Å². The zero-order valence-corrected chi connectivity index (χ0v) is 10.5. The summed E-state index contributed by atoms with van der Waals surface area (Å²) in [6.07, 6.45) is 0.305. The van der Waals surface area contributed by atoms with Crippen LogP contribution in [0.2, 0.25) is 0 Å². The lowest BCUT2D eigenvalue weighted by Gasteiger charge is -2.28. The van der Waals surface area contributed by atoms with Crippen LogP contribution in [0.15, 0.2) is 10.1 Å². The van der Waals surface area contributed by atoms with Gasteiger partial charge in [0, 0.05) is 12.0 Å². The molecule has 7 heteroatoms. The summed E-state index contributed by atoms with van der Waals surface area (Å²) in [5.74, 6) is -1.99. The molecule has 1 unspecified atom stereocenters. The van der Waals surface area contributed by atoms with Crippen molar-refractivity contribution in [3.63, 3.8) is 0 Å². The number of nitrogens with one attached hydrogen (secondary N) is 1. The van der Waals surface area contributed by atoms with Gasteiger partial charge in [-0.25, -0.2) is 0 Å². The van der Waals surface area contributed by atoms with Crippen LogP contribution < -0.4 is 5.32 Å². The van der Waals surface area contributed by atoms with Crippen LogP contribution >= 0.6 is 15.9 Å². The van der Waals surface area contributed by atoms with Crippen molar-refractivity contribution < 1.29 is 19.2 Å². The number of rotatable bonds is 1. The highest BCUT2D eigenvalue weighted by Gasteiger charge is 2.43. The molecule has 0 aromatic heterocycles. The van der Waals surface area contributed by atoms with Crippen LogP contribution in [0, 0.1) is 0 Å². The second-order valence-corrected chi connectivity index (χ2v) is 4.68. The molecule has 0 radical (unpaired) electrons. The summed E-state index contributed by atoms with van der Waals surface area (Å²) in [6.45, 7) is 1.51. The van der Waals surface area contributed by atoms with E-state index in [1.807, 2.05) is 0 Å². The monoisotopic (exact) mass is 300 g/mol. The van der Waals surface area contributed by atoms with Gasteiger partial charge >= 0.3 is 0 Å². The van der Waals surface area contributed by atoms with Crippen molar-refractivity contribution in [1.29, 1.82) is 0 Å². The fourth-order valence-corrected chi connectivity index (χ4v) is 2.21. The van der Waals surface area contributed by atoms with Gasteiger partial charge < -0.3 is 0 Å². The number of halogens is 1. The van der Waals surface area contributed by atoms with E-state index in [1.165, 1.54) is 6.92 Å². The van der Waals surface area contributed by atoms with Gasteiger partial charge in [0.05, 0.1) is 4.48 Å². The minimum absolute atomic E-state index is 0.129. The summed E-state index contributed by atoms with van der Waals surface area (Å²) in [5.41, 5.74) is 0.278. The van der Waals surface area contributed by atoms with Crippen molar-refractivity contribution in [3.05, 3.63) is 10.1 Å². The van der Waals surface area contributed by atoms with Crippen LogP contribution in [0.3, 0.4) is 0 Å². The molecule has 4 amide bonds. The molecule has 2 rings (SSSR count). The van der Waals surface area contributed by atoms with Crippen LogP contribution in [-0.2, 0) is 19.2 Å². The Labute approximate surface area is 105 Å². The van der Waals surface area contributed by atoms with E-state index in [2.05, 4.69) is 21.2 Å². The number of nitrogens with zero attached hydrogens (tertiary/aromatic N) is 1. The number of hydrogen-bond donors (Lipinski definition) is 1. The summed E-state index contributed by atoms with van der Waals surface area (Å²) in [4.78, 5) is 47.1. The molecule has 0 aromatic rings. The summed E-state index contributed by atoms with van der Waals surface area (Å²) < 4.78 is 0.173. The van der Waals surface area contributed by atoms with Crippen LogP contribution in [0.25, 0.3) is 0 Å². The van der Waals surface area contributed by atoms with E-state index in [4.69, 9.17) is 0 Å². The Kier molecular flexibility index (Phi) is 2.86. The molecule has 1 saturated heterocycles. The fraction of sp³-hybridized carbons (Fsp3) is 0.400.